The highest BCUT2D eigenvalue weighted by Gasteiger charge is 2.41. The second-order valence-electron chi connectivity index (χ2n) is 9.03. The van der Waals surface area contributed by atoms with Crippen LogP contribution in [-0.2, 0) is 20.5 Å². The average molecular weight is 583 g/mol. The Labute approximate surface area is 238 Å². The third-order valence-corrected chi connectivity index (χ3v) is 6.07. The molecule has 0 amide bonds. The van der Waals surface area contributed by atoms with Crippen LogP contribution in [0.3, 0.4) is 0 Å². The molecule has 4 rings (SSSR count). The van der Waals surface area contributed by atoms with Gasteiger partial charge in [-0.15, -0.1) is 5.10 Å². The number of allylic oxidation sites excluding steroid dienone is 1. The number of halogens is 3. The zero-order valence-electron chi connectivity index (χ0n) is 22.9. The number of esters is 1. The summed E-state index contributed by atoms with van der Waals surface area (Å²) in [4.78, 5) is 37.8. The number of benzene rings is 2. The second kappa shape index (κ2) is 12.9. The smallest absolute Gasteiger partial charge is 0.416 e. The fourth-order valence-corrected chi connectivity index (χ4v) is 4.34. The molecule has 1 aliphatic rings. The number of hydrogen-bond acceptors (Lipinski definition) is 8. The number of anilines is 2. The van der Waals surface area contributed by atoms with Crippen LogP contribution < -0.4 is 10.6 Å². The molecule has 1 unspecified atom stereocenters. The number of carbonyl (C=O) groups excluding carboxylic acids is 1. The molecule has 3 aromatic rings. The summed E-state index contributed by atoms with van der Waals surface area (Å²) in [7, 11) is 4.84. The molecule has 0 saturated carbocycles. The number of nitriles is 1. The molecule has 0 spiro atoms. The number of carbonyl (C=O) groups is 2. The van der Waals surface area contributed by atoms with Gasteiger partial charge in [-0.2, -0.15) is 18.4 Å². The molecule has 2 N–H and O–H groups in total. The zero-order valence-corrected chi connectivity index (χ0v) is 22.9. The molecular weight excluding hydrogens is 557 g/mol. The normalized spacial score (nSPS) is 14.2. The predicted molar refractivity (Wildman–Crippen MR) is 145 cm³/mol. The van der Waals surface area contributed by atoms with Crippen molar-refractivity contribution in [1.82, 2.24) is 19.7 Å². The Hall–Kier alpha value is -5.34. The molecule has 11 nitrogen and oxygen atoms in total. The summed E-state index contributed by atoms with van der Waals surface area (Å²) in [6, 6.07) is 10.1. The van der Waals surface area contributed by atoms with Crippen LogP contribution in [0.4, 0.5) is 24.8 Å². The summed E-state index contributed by atoms with van der Waals surface area (Å²) in [5.41, 5.74) is -0.278. The molecule has 0 radical (unpaired) electrons. The molecule has 1 atom stereocenters. The maximum absolute atomic E-state index is 13.5. The van der Waals surface area contributed by atoms with Crippen molar-refractivity contribution in [3.63, 3.8) is 0 Å². The molecular formula is C28H25F3N6O5. The molecule has 1 aliphatic heterocycles. The Morgan fingerprint density at radius 3 is 2.55 bits per heavy atom. The summed E-state index contributed by atoms with van der Waals surface area (Å²) < 4.78 is 46.8. The minimum atomic E-state index is -4.62. The van der Waals surface area contributed by atoms with Crippen LogP contribution in [0, 0.1) is 23.2 Å². The van der Waals surface area contributed by atoms with Gasteiger partial charge in [0.25, 0.3) is 6.47 Å². The molecule has 14 heteroatoms. The molecule has 0 aliphatic carbocycles. The summed E-state index contributed by atoms with van der Waals surface area (Å²) in [5, 5.41) is 22.8. The molecule has 0 bridgehead atoms. The molecule has 2 heterocycles. The molecule has 0 fully saturated rings. The van der Waals surface area contributed by atoms with Gasteiger partial charge in [0, 0.05) is 16.9 Å². The number of hydrogen-bond donors (Lipinski definition) is 2. The molecule has 1 aromatic heterocycles. The minimum absolute atomic E-state index is 0.00808. The van der Waals surface area contributed by atoms with Crippen LogP contribution in [0.2, 0.25) is 0 Å². The van der Waals surface area contributed by atoms with Gasteiger partial charge in [0.2, 0.25) is 5.95 Å². The Morgan fingerprint density at radius 2 is 1.95 bits per heavy atom. The number of fused-ring (bicyclic) bond motifs is 1. The van der Waals surface area contributed by atoms with Crippen LogP contribution in [0.5, 0.6) is 0 Å². The Bertz CT molecular complexity index is 1690. The zero-order chi connectivity index (χ0) is 31.2. The first-order chi connectivity index (χ1) is 19.9. The highest BCUT2D eigenvalue weighted by atomic mass is 19.4. The van der Waals surface area contributed by atoms with E-state index in [1.807, 2.05) is 19.0 Å². The van der Waals surface area contributed by atoms with E-state index in [4.69, 9.17) is 14.6 Å². The van der Waals surface area contributed by atoms with E-state index in [0.29, 0.717) is 23.2 Å². The van der Waals surface area contributed by atoms with Gasteiger partial charge < -0.3 is 9.84 Å². The lowest BCUT2D eigenvalue weighted by molar-refractivity contribution is -0.138. The number of alkyl halides is 3. The molecule has 2 aromatic carbocycles. The van der Waals surface area contributed by atoms with E-state index in [-0.39, 0.29) is 29.4 Å². The second-order valence-corrected chi connectivity index (χ2v) is 9.03. The number of aromatic nitrogens is 3. The van der Waals surface area contributed by atoms with E-state index in [2.05, 4.69) is 28.1 Å². The van der Waals surface area contributed by atoms with Gasteiger partial charge >= 0.3 is 17.8 Å². The molecule has 42 heavy (non-hydrogen) atoms. The number of ether oxygens (including phenoxy) is 1. The van der Waals surface area contributed by atoms with Gasteiger partial charge in [-0.1, -0.05) is 24.0 Å². The lowest BCUT2D eigenvalue weighted by Gasteiger charge is -2.35. The van der Waals surface area contributed by atoms with E-state index in [1.165, 1.54) is 37.1 Å². The van der Waals surface area contributed by atoms with E-state index >= 15 is 0 Å². The average Bonchev–Trinajstić information content (AvgIpc) is 3.32. The number of nitrogens with one attached hydrogen (secondary N) is 1. The van der Waals surface area contributed by atoms with Crippen LogP contribution in [0.1, 0.15) is 35.2 Å². The van der Waals surface area contributed by atoms with Gasteiger partial charge in [-0.05, 0) is 56.9 Å². The van der Waals surface area contributed by atoms with Crippen LogP contribution in [0.15, 0.2) is 58.5 Å². The number of aromatic amines is 1. The number of nitrogens with zero attached hydrogens (tertiary/aromatic N) is 5. The molecule has 0 saturated heterocycles. The highest BCUT2D eigenvalue weighted by molar-refractivity contribution is 5.93. The fourth-order valence-electron chi connectivity index (χ4n) is 4.34. The van der Waals surface area contributed by atoms with Crippen molar-refractivity contribution >= 4 is 24.1 Å². The van der Waals surface area contributed by atoms with Gasteiger partial charge in [0.1, 0.15) is 6.04 Å². The van der Waals surface area contributed by atoms with Crippen LogP contribution >= 0.6 is 0 Å². The van der Waals surface area contributed by atoms with E-state index in [1.54, 1.807) is 12.1 Å². The summed E-state index contributed by atoms with van der Waals surface area (Å²) in [6.07, 6.45) is -4.62. The lowest BCUT2D eigenvalue weighted by Crippen LogP contribution is -2.38. The number of carboxylic acid groups (broad SMARTS) is 1. The number of rotatable bonds is 4. The summed E-state index contributed by atoms with van der Waals surface area (Å²) >= 11 is 0. The summed E-state index contributed by atoms with van der Waals surface area (Å²) in [6.45, 7) is 1.68. The van der Waals surface area contributed by atoms with Crippen LogP contribution in [-0.4, -0.2) is 65.0 Å². The van der Waals surface area contributed by atoms with E-state index < -0.39 is 29.4 Å². The minimum Gasteiger partial charge on any atom is -0.483 e. The topological polar surface area (TPSA) is 145 Å². The fraction of sp³-hybridized carbons (Fsp3) is 0.250. The monoisotopic (exact) mass is 582 g/mol. The Kier molecular flexibility index (Phi) is 9.57. The largest absolute Gasteiger partial charge is 0.483 e. The first-order valence-electron chi connectivity index (χ1n) is 12.1. The third kappa shape index (κ3) is 6.35. The van der Waals surface area contributed by atoms with Gasteiger partial charge in [-0.3, -0.25) is 14.6 Å². The molecule has 218 valence electrons. The maximum Gasteiger partial charge on any atom is 0.416 e. The Balaban J connectivity index is 0.00000155. The van der Waals surface area contributed by atoms with Crippen molar-refractivity contribution in [2.75, 3.05) is 32.6 Å². The van der Waals surface area contributed by atoms with Crippen molar-refractivity contribution in [3.05, 3.63) is 86.5 Å². The van der Waals surface area contributed by atoms with Crippen molar-refractivity contribution in [1.29, 1.82) is 5.26 Å². The summed E-state index contributed by atoms with van der Waals surface area (Å²) in [5.74, 6) is 5.17. The number of H-pyrrole nitrogens is 1. The lowest BCUT2D eigenvalue weighted by atomic mass is 9.90. The highest BCUT2D eigenvalue weighted by Crippen LogP contribution is 2.43. The van der Waals surface area contributed by atoms with Gasteiger partial charge in [0.15, 0.2) is 0 Å². The van der Waals surface area contributed by atoms with Gasteiger partial charge in [0.05, 0.1) is 36.4 Å². The SMILES string of the molecule is COC(=O)C1=C(C)N(c2cccc(C(F)(F)F)c2)c2n[nH]c(=O)n2C1c1ccc(C#N)cc1C#CCN(C)C.O=CO. The van der Waals surface area contributed by atoms with Crippen molar-refractivity contribution in [2.24, 2.45) is 0 Å². The maximum atomic E-state index is 13.5. The van der Waals surface area contributed by atoms with Gasteiger partial charge in [-0.25, -0.2) is 19.3 Å². The third-order valence-electron chi connectivity index (χ3n) is 6.07. The van der Waals surface area contributed by atoms with Crippen molar-refractivity contribution in [3.8, 4) is 17.9 Å². The first-order valence-corrected chi connectivity index (χ1v) is 12.1. The first kappa shape index (κ1) is 31.2. The van der Waals surface area contributed by atoms with E-state index in [0.717, 1.165) is 16.7 Å². The number of methoxy groups -OCH3 is 1. The van der Waals surface area contributed by atoms with E-state index in [9.17, 15) is 28.0 Å². The van der Waals surface area contributed by atoms with Crippen molar-refractivity contribution < 1.29 is 32.6 Å². The van der Waals surface area contributed by atoms with Crippen LogP contribution in [0.25, 0.3) is 0 Å². The van der Waals surface area contributed by atoms with Crippen molar-refractivity contribution in [2.45, 2.75) is 19.1 Å². The predicted octanol–water partition coefficient (Wildman–Crippen LogP) is 3.26. The quantitative estimate of drug-likeness (QED) is 0.269. The Morgan fingerprint density at radius 1 is 1.26 bits per heavy atom. The standard InChI is InChI=1S/C27H23F3N6O3.CH2O2/c1-16-22(24(37)39-4)23(21-11-10-17(15-31)13-18(21)7-6-12-34(2)3)36-25(32-33-26(36)38)35(16)20-9-5-8-19(14-20)27(28,29)30;2-1-3/h5,8-11,13-14,23H,12H2,1-4H3,(H,33,38);1H,(H,2,3).